The maximum Gasteiger partial charge on any atom is 0.301 e. The maximum absolute atomic E-state index is 13.7. The summed E-state index contributed by atoms with van der Waals surface area (Å²) in [6, 6.07) is 13.4. The average Bonchev–Trinajstić information content (AvgIpc) is 3.16. The fourth-order valence-corrected chi connectivity index (χ4v) is 6.24. The molecule has 35 heavy (non-hydrogen) atoms. The number of anilines is 1. The van der Waals surface area contributed by atoms with Gasteiger partial charge in [0.1, 0.15) is 22.2 Å². The minimum atomic E-state index is -3.87. The number of ether oxygens (including phenoxy) is 1. The van der Waals surface area contributed by atoms with Crippen molar-refractivity contribution in [3.8, 4) is 11.4 Å². The molecule has 3 N–H and O–H groups in total. The van der Waals surface area contributed by atoms with Gasteiger partial charge in [0.15, 0.2) is 5.69 Å². The number of nitrogens with two attached hydrogens (primary N) is 1. The normalized spacial score (nSPS) is 15.2. The van der Waals surface area contributed by atoms with Gasteiger partial charge in [-0.05, 0) is 37.1 Å². The van der Waals surface area contributed by atoms with E-state index in [9.17, 15) is 13.2 Å². The molecule has 0 aliphatic heterocycles. The molecule has 1 fully saturated rings. The Morgan fingerprint density at radius 3 is 2.49 bits per heavy atom. The first-order chi connectivity index (χ1) is 16.9. The van der Waals surface area contributed by atoms with Gasteiger partial charge in [0, 0.05) is 18.7 Å². The number of nitrogen functional groups attached to an aromatic ring is 1. The molecule has 186 valence electrons. The molecule has 0 radical (unpaired) electrons. The summed E-state index contributed by atoms with van der Waals surface area (Å²) in [5, 5.41) is 11.0. The van der Waals surface area contributed by atoms with E-state index in [2.05, 4.69) is 15.3 Å². The molecular formula is C24H30N6O4S. The Bertz CT molecular complexity index is 1360. The second kappa shape index (κ2) is 10.4. The quantitative estimate of drug-likeness (QED) is 0.440. The molecule has 3 aromatic rings. The van der Waals surface area contributed by atoms with Crippen molar-refractivity contribution >= 4 is 27.2 Å². The standard InChI is InChI=1S/C24H30N6O4S/c1-3-29(17-10-6-4-7-11-17)35(32,33)21-15-14-19(34-2)16-20(21)26-27-22-23(25)28-30(24(22)31)18-12-8-5-9-13-18/h5,8-9,12-17,28H,3-4,6-7,10-11,25H2,1-2H3. The highest BCUT2D eigenvalue weighted by Crippen LogP contribution is 2.35. The van der Waals surface area contributed by atoms with Crippen LogP contribution in [0.4, 0.5) is 17.2 Å². The van der Waals surface area contributed by atoms with Crippen molar-refractivity contribution in [2.24, 2.45) is 10.2 Å². The molecule has 11 heteroatoms. The van der Waals surface area contributed by atoms with Gasteiger partial charge in [-0.3, -0.25) is 9.89 Å². The number of aromatic nitrogens is 2. The number of azo groups is 1. The number of hydrogen-bond donors (Lipinski definition) is 2. The van der Waals surface area contributed by atoms with E-state index in [-0.39, 0.29) is 28.1 Å². The van der Waals surface area contributed by atoms with Gasteiger partial charge in [0.25, 0.3) is 0 Å². The average molecular weight is 499 g/mol. The molecular weight excluding hydrogens is 468 g/mol. The third-order valence-corrected chi connectivity index (χ3v) is 8.29. The minimum Gasteiger partial charge on any atom is -0.497 e. The number of benzene rings is 2. The summed E-state index contributed by atoms with van der Waals surface area (Å²) in [5.41, 5.74) is 6.06. The van der Waals surface area contributed by atoms with Crippen molar-refractivity contribution in [1.29, 1.82) is 0 Å². The molecule has 1 aromatic heterocycles. The van der Waals surface area contributed by atoms with E-state index in [1.807, 2.05) is 13.0 Å². The van der Waals surface area contributed by atoms with Crippen molar-refractivity contribution in [1.82, 2.24) is 14.1 Å². The first kappa shape index (κ1) is 24.7. The van der Waals surface area contributed by atoms with Crippen LogP contribution in [0, 0.1) is 0 Å². The van der Waals surface area contributed by atoms with E-state index in [0.717, 1.165) is 32.1 Å². The van der Waals surface area contributed by atoms with E-state index in [1.165, 1.54) is 23.9 Å². The van der Waals surface area contributed by atoms with E-state index in [1.54, 1.807) is 34.6 Å². The van der Waals surface area contributed by atoms with Crippen LogP contribution in [-0.2, 0) is 10.0 Å². The molecule has 1 aliphatic carbocycles. The number of nitrogens with zero attached hydrogens (tertiary/aromatic N) is 4. The highest BCUT2D eigenvalue weighted by atomic mass is 32.2. The van der Waals surface area contributed by atoms with Gasteiger partial charge < -0.3 is 10.5 Å². The Labute approximate surface area is 204 Å². The van der Waals surface area contributed by atoms with E-state index >= 15 is 0 Å². The van der Waals surface area contributed by atoms with Crippen molar-refractivity contribution < 1.29 is 13.2 Å². The molecule has 0 amide bonds. The Kier molecular flexibility index (Phi) is 7.37. The zero-order valence-corrected chi connectivity index (χ0v) is 20.7. The number of methoxy groups -OCH3 is 1. The predicted molar refractivity (Wildman–Crippen MR) is 134 cm³/mol. The van der Waals surface area contributed by atoms with Gasteiger partial charge in [-0.2, -0.15) is 4.31 Å². The lowest BCUT2D eigenvalue weighted by molar-refractivity contribution is 0.261. The summed E-state index contributed by atoms with van der Waals surface area (Å²) < 4.78 is 35.5. The summed E-state index contributed by atoms with van der Waals surface area (Å²) in [7, 11) is -2.39. The van der Waals surface area contributed by atoms with Gasteiger partial charge in [-0.1, -0.05) is 44.4 Å². The number of H-pyrrole nitrogens is 1. The summed E-state index contributed by atoms with van der Waals surface area (Å²) >= 11 is 0. The zero-order valence-electron chi connectivity index (χ0n) is 19.8. The Hall–Kier alpha value is -3.44. The van der Waals surface area contributed by atoms with Crippen LogP contribution >= 0.6 is 0 Å². The smallest absolute Gasteiger partial charge is 0.301 e. The molecule has 0 bridgehead atoms. The van der Waals surface area contributed by atoms with E-state index in [4.69, 9.17) is 10.5 Å². The van der Waals surface area contributed by atoms with Crippen LogP contribution in [0.3, 0.4) is 0 Å². The molecule has 1 heterocycles. The molecule has 0 saturated heterocycles. The Balaban J connectivity index is 1.75. The van der Waals surface area contributed by atoms with Crippen LogP contribution in [0.1, 0.15) is 39.0 Å². The SMILES string of the molecule is CCN(C1CCCCC1)S(=O)(=O)c1ccc(OC)cc1N=Nc1c(N)[nH]n(-c2ccccc2)c1=O. The number of hydrogen-bond acceptors (Lipinski definition) is 7. The van der Waals surface area contributed by atoms with Crippen LogP contribution in [0.2, 0.25) is 0 Å². The summed E-state index contributed by atoms with van der Waals surface area (Å²) in [6.07, 6.45) is 4.80. The predicted octanol–water partition coefficient (Wildman–Crippen LogP) is 4.52. The fourth-order valence-electron chi connectivity index (χ4n) is 4.44. The number of para-hydroxylation sites is 1. The monoisotopic (exact) mass is 498 g/mol. The van der Waals surface area contributed by atoms with Gasteiger partial charge >= 0.3 is 5.56 Å². The lowest BCUT2D eigenvalue weighted by Gasteiger charge is -2.32. The third kappa shape index (κ3) is 5.01. The molecule has 0 unspecified atom stereocenters. The van der Waals surface area contributed by atoms with Crippen LogP contribution in [0.25, 0.3) is 5.69 Å². The first-order valence-electron chi connectivity index (χ1n) is 11.6. The van der Waals surface area contributed by atoms with Gasteiger partial charge in [0.2, 0.25) is 10.0 Å². The second-order valence-electron chi connectivity index (χ2n) is 8.38. The molecule has 1 aliphatic rings. The number of aromatic amines is 1. The van der Waals surface area contributed by atoms with Crippen LogP contribution in [0.15, 0.2) is 68.4 Å². The molecule has 10 nitrogen and oxygen atoms in total. The topological polar surface area (TPSA) is 135 Å². The van der Waals surface area contributed by atoms with Crippen molar-refractivity contribution in [3.63, 3.8) is 0 Å². The summed E-state index contributed by atoms with van der Waals surface area (Å²) in [5.74, 6) is 0.439. The zero-order chi connectivity index (χ0) is 25.0. The highest BCUT2D eigenvalue weighted by molar-refractivity contribution is 7.89. The maximum atomic E-state index is 13.7. The molecule has 0 spiro atoms. The van der Waals surface area contributed by atoms with Gasteiger partial charge in [0.05, 0.1) is 12.8 Å². The molecule has 0 atom stereocenters. The fraction of sp³-hybridized carbons (Fsp3) is 0.375. The highest BCUT2D eigenvalue weighted by Gasteiger charge is 2.33. The van der Waals surface area contributed by atoms with Crippen molar-refractivity contribution in [2.75, 3.05) is 19.4 Å². The third-order valence-electron chi connectivity index (χ3n) is 6.21. The largest absolute Gasteiger partial charge is 0.497 e. The van der Waals surface area contributed by atoms with Gasteiger partial charge in [-0.15, -0.1) is 10.2 Å². The Morgan fingerprint density at radius 2 is 1.83 bits per heavy atom. The summed E-state index contributed by atoms with van der Waals surface area (Å²) in [6.45, 7) is 2.19. The van der Waals surface area contributed by atoms with Crippen LogP contribution in [0.5, 0.6) is 5.75 Å². The lowest BCUT2D eigenvalue weighted by Crippen LogP contribution is -2.41. The molecule has 4 rings (SSSR count). The van der Waals surface area contributed by atoms with Gasteiger partial charge in [-0.25, -0.2) is 13.1 Å². The lowest BCUT2D eigenvalue weighted by atomic mass is 9.95. The number of nitrogens with one attached hydrogen (secondary N) is 1. The second-order valence-corrected chi connectivity index (χ2v) is 10.2. The van der Waals surface area contributed by atoms with Crippen molar-refractivity contribution in [3.05, 3.63) is 58.9 Å². The molecule has 1 saturated carbocycles. The summed E-state index contributed by atoms with van der Waals surface area (Å²) in [4.78, 5) is 12.9. The van der Waals surface area contributed by atoms with Crippen LogP contribution in [-0.4, -0.2) is 42.2 Å². The van der Waals surface area contributed by atoms with Crippen molar-refractivity contribution in [2.45, 2.75) is 50.0 Å². The Morgan fingerprint density at radius 1 is 1.11 bits per heavy atom. The number of rotatable bonds is 8. The first-order valence-corrected chi connectivity index (χ1v) is 13.1. The molecule has 2 aromatic carbocycles. The minimum absolute atomic E-state index is 0.00645. The van der Waals surface area contributed by atoms with E-state index in [0.29, 0.717) is 18.0 Å². The van der Waals surface area contributed by atoms with E-state index < -0.39 is 15.6 Å². The number of sulfonamides is 1. The van der Waals surface area contributed by atoms with Crippen LogP contribution < -0.4 is 16.0 Å².